The first kappa shape index (κ1) is 16.2. The van der Waals surface area contributed by atoms with Crippen molar-refractivity contribution < 1.29 is 22.6 Å². The second kappa shape index (κ2) is 7.70. The van der Waals surface area contributed by atoms with Crippen molar-refractivity contribution in [1.29, 1.82) is 0 Å². The van der Waals surface area contributed by atoms with Crippen molar-refractivity contribution in [1.82, 2.24) is 5.32 Å². The highest BCUT2D eigenvalue weighted by Gasteiger charge is 2.09. The lowest BCUT2D eigenvalue weighted by Crippen LogP contribution is -2.15. The highest BCUT2D eigenvalue weighted by atomic mass is 19.3. The predicted molar refractivity (Wildman–Crippen MR) is 76.6 cm³/mol. The Kier molecular flexibility index (Phi) is 5.66. The topological polar surface area (TPSA) is 30.5 Å². The van der Waals surface area contributed by atoms with Crippen molar-refractivity contribution in [3.8, 4) is 11.5 Å². The molecule has 1 N–H and O–H groups in total. The average molecular weight is 311 g/mol. The van der Waals surface area contributed by atoms with Crippen LogP contribution in [0.15, 0.2) is 42.5 Å². The molecule has 0 aliphatic heterocycles. The Bertz CT molecular complexity index is 620. The Hall–Kier alpha value is -2.21. The van der Waals surface area contributed by atoms with Gasteiger partial charge >= 0.3 is 6.61 Å². The summed E-state index contributed by atoms with van der Waals surface area (Å²) in [4.78, 5) is 0. The van der Waals surface area contributed by atoms with E-state index < -0.39 is 6.61 Å². The zero-order chi connectivity index (χ0) is 15.9. The highest BCUT2D eigenvalue weighted by molar-refractivity contribution is 5.35. The number of methoxy groups -OCH3 is 1. The van der Waals surface area contributed by atoms with Gasteiger partial charge in [0, 0.05) is 24.2 Å². The highest BCUT2D eigenvalue weighted by Crippen LogP contribution is 2.22. The Morgan fingerprint density at radius 2 is 1.73 bits per heavy atom. The van der Waals surface area contributed by atoms with Gasteiger partial charge in [0.05, 0.1) is 7.11 Å². The molecule has 2 aromatic rings. The summed E-state index contributed by atoms with van der Waals surface area (Å²) in [5.41, 5.74) is 1.24. The Balaban J connectivity index is 2.01. The SMILES string of the molecule is COc1ccc(F)cc1CNCc1ccccc1OC(F)F. The van der Waals surface area contributed by atoms with Gasteiger partial charge in [-0.2, -0.15) is 8.78 Å². The second-order valence-electron chi connectivity index (χ2n) is 4.55. The van der Waals surface area contributed by atoms with Crippen LogP contribution in [-0.2, 0) is 13.1 Å². The van der Waals surface area contributed by atoms with Gasteiger partial charge in [0.25, 0.3) is 0 Å². The molecule has 0 amide bonds. The maximum atomic E-state index is 13.3. The van der Waals surface area contributed by atoms with E-state index in [9.17, 15) is 13.2 Å². The minimum Gasteiger partial charge on any atom is -0.496 e. The molecule has 0 saturated carbocycles. The average Bonchev–Trinajstić information content (AvgIpc) is 2.49. The van der Waals surface area contributed by atoms with Gasteiger partial charge in [-0.1, -0.05) is 18.2 Å². The van der Waals surface area contributed by atoms with Crippen LogP contribution in [-0.4, -0.2) is 13.7 Å². The predicted octanol–water partition coefficient (Wildman–Crippen LogP) is 3.73. The molecule has 0 atom stereocenters. The van der Waals surface area contributed by atoms with Crippen LogP contribution in [0.4, 0.5) is 13.2 Å². The van der Waals surface area contributed by atoms with E-state index in [0.717, 1.165) is 0 Å². The largest absolute Gasteiger partial charge is 0.496 e. The maximum absolute atomic E-state index is 13.3. The lowest BCUT2D eigenvalue weighted by molar-refractivity contribution is -0.0505. The van der Waals surface area contributed by atoms with Crippen molar-refractivity contribution in [2.45, 2.75) is 19.7 Å². The fourth-order valence-electron chi connectivity index (χ4n) is 2.08. The van der Waals surface area contributed by atoms with Gasteiger partial charge in [0.15, 0.2) is 0 Å². The summed E-state index contributed by atoms with van der Waals surface area (Å²) in [6, 6.07) is 10.7. The summed E-state index contributed by atoms with van der Waals surface area (Å²) in [6.45, 7) is -2.23. The first-order chi connectivity index (χ1) is 10.6. The molecule has 118 valence electrons. The van der Waals surface area contributed by atoms with Crippen LogP contribution in [0.2, 0.25) is 0 Å². The van der Waals surface area contributed by atoms with E-state index in [1.807, 2.05) is 0 Å². The van der Waals surface area contributed by atoms with Crippen LogP contribution in [0.25, 0.3) is 0 Å². The number of para-hydroxylation sites is 1. The third kappa shape index (κ3) is 4.39. The summed E-state index contributed by atoms with van der Waals surface area (Å²) in [5.74, 6) is 0.321. The van der Waals surface area contributed by atoms with Crippen LogP contribution in [0.5, 0.6) is 11.5 Å². The Morgan fingerprint density at radius 3 is 2.45 bits per heavy atom. The molecule has 22 heavy (non-hydrogen) atoms. The van der Waals surface area contributed by atoms with E-state index in [1.165, 1.54) is 25.3 Å². The van der Waals surface area contributed by atoms with Crippen LogP contribution in [0.3, 0.4) is 0 Å². The smallest absolute Gasteiger partial charge is 0.387 e. The van der Waals surface area contributed by atoms with Crippen molar-refractivity contribution >= 4 is 0 Å². The van der Waals surface area contributed by atoms with E-state index in [4.69, 9.17) is 4.74 Å². The number of halogens is 3. The molecule has 6 heteroatoms. The molecule has 0 aromatic heterocycles. The number of hydrogen-bond acceptors (Lipinski definition) is 3. The zero-order valence-corrected chi connectivity index (χ0v) is 12.0. The molecule has 0 aliphatic carbocycles. The van der Waals surface area contributed by atoms with E-state index >= 15 is 0 Å². The van der Waals surface area contributed by atoms with Crippen LogP contribution in [0.1, 0.15) is 11.1 Å². The first-order valence-electron chi connectivity index (χ1n) is 6.66. The van der Waals surface area contributed by atoms with Crippen LogP contribution < -0.4 is 14.8 Å². The summed E-state index contributed by atoms with van der Waals surface area (Å²) in [7, 11) is 1.50. The summed E-state index contributed by atoms with van der Waals surface area (Å²) in [6.07, 6.45) is 0. The van der Waals surface area contributed by atoms with Crippen molar-refractivity contribution in [3.63, 3.8) is 0 Å². The zero-order valence-electron chi connectivity index (χ0n) is 12.0. The van der Waals surface area contributed by atoms with Gasteiger partial charge in [0.1, 0.15) is 17.3 Å². The standard InChI is InChI=1S/C16H16F3NO2/c1-21-14-7-6-13(17)8-12(14)10-20-9-11-4-2-3-5-15(11)22-16(18)19/h2-8,16,20H,9-10H2,1H3. The monoisotopic (exact) mass is 311 g/mol. The number of ether oxygens (including phenoxy) is 2. The number of benzene rings is 2. The molecule has 0 heterocycles. The molecule has 2 rings (SSSR count). The van der Waals surface area contributed by atoms with Gasteiger partial charge in [-0.3, -0.25) is 0 Å². The van der Waals surface area contributed by atoms with E-state index in [-0.39, 0.29) is 11.6 Å². The molecule has 0 bridgehead atoms. The van der Waals surface area contributed by atoms with Crippen LogP contribution in [0, 0.1) is 5.82 Å². The molecule has 0 unspecified atom stereocenters. The maximum Gasteiger partial charge on any atom is 0.387 e. The number of alkyl halides is 2. The van der Waals surface area contributed by atoms with Crippen LogP contribution >= 0.6 is 0 Å². The molecular weight excluding hydrogens is 295 g/mol. The Labute approximate surface area is 126 Å². The molecule has 0 aliphatic rings. The molecule has 0 spiro atoms. The first-order valence-corrected chi connectivity index (χ1v) is 6.66. The van der Waals surface area contributed by atoms with Crippen molar-refractivity contribution in [3.05, 3.63) is 59.4 Å². The number of nitrogens with one attached hydrogen (secondary N) is 1. The third-order valence-electron chi connectivity index (χ3n) is 3.06. The van der Waals surface area contributed by atoms with Gasteiger partial charge in [0.2, 0.25) is 0 Å². The van der Waals surface area contributed by atoms with Gasteiger partial charge in [-0.05, 0) is 24.3 Å². The molecule has 3 nitrogen and oxygen atoms in total. The summed E-state index contributed by atoms with van der Waals surface area (Å²) >= 11 is 0. The summed E-state index contributed by atoms with van der Waals surface area (Å²) < 4.78 is 47.5. The van der Waals surface area contributed by atoms with E-state index in [2.05, 4.69) is 10.1 Å². The quantitative estimate of drug-likeness (QED) is 0.845. The van der Waals surface area contributed by atoms with Crippen molar-refractivity contribution in [2.75, 3.05) is 7.11 Å². The second-order valence-corrected chi connectivity index (χ2v) is 4.55. The van der Waals surface area contributed by atoms with Gasteiger partial charge in [-0.25, -0.2) is 4.39 Å². The van der Waals surface area contributed by atoms with Gasteiger partial charge < -0.3 is 14.8 Å². The minimum atomic E-state index is -2.87. The molecule has 0 saturated heterocycles. The third-order valence-corrected chi connectivity index (χ3v) is 3.06. The van der Waals surface area contributed by atoms with Crippen molar-refractivity contribution in [2.24, 2.45) is 0 Å². The number of rotatable bonds is 7. The fourth-order valence-corrected chi connectivity index (χ4v) is 2.08. The molecular formula is C16H16F3NO2. The minimum absolute atomic E-state index is 0.121. The van der Waals surface area contributed by atoms with E-state index in [0.29, 0.717) is 30.0 Å². The molecule has 0 fully saturated rings. The Morgan fingerprint density at radius 1 is 1.00 bits per heavy atom. The fraction of sp³-hybridized carbons (Fsp3) is 0.250. The molecule has 2 aromatic carbocycles. The lowest BCUT2D eigenvalue weighted by Gasteiger charge is -2.12. The van der Waals surface area contributed by atoms with E-state index in [1.54, 1.807) is 24.3 Å². The normalized spacial score (nSPS) is 10.8. The number of hydrogen-bond donors (Lipinski definition) is 1. The molecule has 0 radical (unpaired) electrons. The lowest BCUT2D eigenvalue weighted by atomic mass is 10.1. The summed E-state index contributed by atoms with van der Waals surface area (Å²) in [5, 5.41) is 3.06. The van der Waals surface area contributed by atoms with Gasteiger partial charge in [-0.15, -0.1) is 0 Å².